The number of hydrogen-bond acceptors (Lipinski definition) is 4. The summed E-state index contributed by atoms with van der Waals surface area (Å²) in [4.78, 5) is 13.0. The van der Waals surface area contributed by atoms with E-state index in [-0.39, 0.29) is 12.2 Å². The van der Waals surface area contributed by atoms with Crippen molar-refractivity contribution >= 4 is 40.0 Å². The fourth-order valence-corrected chi connectivity index (χ4v) is 3.84. The van der Waals surface area contributed by atoms with Crippen LogP contribution in [0, 0.1) is 29.6 Å². The van der Waals surface area contributed by atoms with Crippen LogP contribution in [0.5, 0.6) is 5.75 Å². The molecule has 4 rings (SSSR count). The summed E-state index contributed by atoms with van der Waals surface area (Å²) in [7, 11) is 0. The van der Waals surface area contributed by atoms with Crippen LogP contribution in [-0.2, 0) is 11.4 Å². The molecule has 0 saturated heterocycles. The summed E-state index contributed by atoms with van der Waals surface area (Å²) < 4.78 is 6.10. The number of anilines is 1. The van der Waals surface area contributed by atoms with Crippen molar-refractivity contribution in [2.24, 2.45) is 0 Å². The number of rotatable bonds is 6. The Labute approximate surface area is 208 Å². The maximum Gasteiger partial charge on any atom is 0.266 e. The number of carbonyl (C=O) groups excluding carboxylic acids is 1. The van der Waals surface area contributed by atoms with Gasteiger partial charge in [0.05, 0.1) is 11.6 Å². The number of halogens is 1. The molecular formula is C29H20ClN3O2. The second-order valence-electron chi connectivity index (χ2n) is 7.84. The van der Waals surface area contributed by atoms with Gasteiger partial charge in [0.1, 0.15) is 24.0 Å². The van der Waals surface area contributed by atoms with Crippen molar-refractivity contribution < 1.29 is 9.53 Å². The molecule has 0 atom stereocenters. The van der Waals surface area contributed by atoms with Gasteiger partial charge in [-0.05, 0) is 53.6 Å². The van der Waals surface area contributed by atoms with Gasteiger partial charge in [0, 0.05) is 21.8 Å². The number of amides is 1. The molecule has 170 valence electrons. The fourth-order valence-electron chi connectivity index (χ4n) is 3.67. The molecule has 0 unspecified atom stereocenters. The Hall–Kier alpha value is -4.58. The Morgan fingerprint density at radius 1 is 1.03 bits per heavy atom. The highest BCUT2D eigenvalue weighted by Gasteiger charge is 2.15. The first-order valence-electron chi connectivity index (χ1n) is 10.8. The summed E-state index contributed by atoms with van der Waals surface area (Å²) in [6, 6.07) is 27.9. The van der Waals surface area contributed by atoms with Gasteiger partial charge in [0.2, 0.25) is 0 Å². The molecule has 1 amide bonds. The highest BCUT2D eigenvalue weighted by molar-refractivity contribution is 6.31. The van der Waals surface area contributed by atoms with Gasteiger partial charge >= 0.3 is 0 Å². The lowest BCUT2D eigenvalue weighted by atomic mass is 10.0. The van der Waals surface area contributed by atoms with E-state index >= 15 is 0 Å². The molecule has 0 fully saturated rings. The van der Waals surface area contributed by atoms with Crippen LogP contribution in [0.15, 0.2) is 84.4 Å². The molecule has 0 bridgehead atoms. The third kappa shape index (κ3) is 5.33. The van der Waals surface area contributed by atoms with Gasteiger partial charge < -0.3 is 10.1 Å². The van der Waals surface area contributed by atoms with Gasteiger partial charge in [-0.1, -0.05) is 66.2 Å². The summed E-state index contributed by atoms with van der Waals surface area (Å²) in [5.74, 6) is -0.0532. The normalized spacial score (nSPS) is 10.9. The first-order chi connectivity index (χ1) is 17.0. The topological polar surface area (TPSA) is 85.9 Å². The minimum atomic E-state index is -0.549. The van der Waals surface area contributed by atoms with Crippen LogP contribution in [0.1, 0.15) is 22.3 Å². The molecule has 0 aliphatic carbocycles. The number of ether oxygens (including phenoxy) is 1. The molecular weight excluding hydrogens is 458 g/mol. The van der Waals surface area contributed by atoms with Crippen LogP contribution in [0.25, 0.3) is 16.8 Å². The number of fused-ring (bicyclic) bond motifs is 1. The van der Waals surface area contributed by atoms with Crippen LogP contribution in [0.2, 0.25) is 5.02 Å². The fraction of sp³-hybridized carbons (Fsp3) is 0.0690. The van der Waals surface area contributed by atoms with E-state index < -0.39 is 5.91 Å². The predicted octanol–water partition coefficient (Wildman–Crippen LogP) is 6.80. The first kappa shape index (κ1) is 23.6. The lowest BCUT2D eigenvalue weighted by molar-refractivity contribution is -0.112. The molecule has 0 aliphatic rings. The molecule has 6 heteroatoms. The van der Waals surface area contributed by atoms with Gasteiger partial charge in [0.25, 0.3) is 5.91 Å². The Morgan fingerprint density at radius 2 is 1.80 bits per heavy atom. The quantitative estimate of drug-likeness (QED) is 0.244. The zero-order valence-corrected chi connectivity index (χ0v) is 19.6. The summed E-state index contributed by atoms with van der Waals surface area (Å²) >= 11 is 6.07. The van der Waals surface area contributed by atoms with E-state index in [0.717, 1.165) is 21.9 Å². The number of nitrogens with one attached hydrogen (secondary N) is 1. The van der Waals surface area contributed by atoms with Gasteiger partial charge in [-0.3, -0.25) is 4.79 Å². The zero-order chi connectivity index (χ0) is 24.8. The van der Waals surface area contributed by atoms with Crippen LogP contribution >= 0.6 is 11.6 Å². The molecule has 1 N–H and O–H groups in total. The number of nitriles is 2. The Kier molecular flexibility index (Phi) is 7.12. The van der Waals surface area contributed by atoms with Crippen molar-refractivity contribution in [3.63, 3.8) is 0 Å². The van der Waals surface area contributed by atoms with Crippen molar-refractivity contribution in [1.82, 2.24) is 0 Å². The molecule has 4 aromatic rings. The van der Waals surface area contributed by atoms with Crippen molar-refractivity contribution in [1.29, 1.82) is 10.5 Å². The highest BCUT2D eigenvalue weighted by Crippen LogP contribution is 2.31. The minimum Gasteiger partial charge on any atom is -0.488 e. The van der Waals surface area contributed by atoms with E-state index in [9.17, 15) is 15.3 Å². The lowest BCUT2D eigenvalue weighted by Gasteiger charge is -2.14. The molecule has 35 heavy (non-hydrogen) atoms. The molecule has 0 aromatic heterocycles. The number of carbonyl (C=O) groups is 1. The molecule has 4 aromatic carbocycles. The smallest absolute Gasteiger partial charge is 0.266 e. The van der Waals surface area contributed by atoms with Crippen molar-refractivity contribution in [3.8, 4) is 17.9 Å². The van der Waals surface area contributed by atoms with E-state index in [4.69, 9.17) is 16.3 Å². The third-order valence-electron chi connectivity index (χ3n) is 5.55. The zero-order valence-electron chi connectivity index (χ0n) is 18.9. The maximum absolute atomic E-state index is 13.0. The largest absolute Gasteiger partial charge is 0.488 e. The lowest BCUT2D eigenvalue weighted by Crippen LogP contribution is -2.14. The average molecular weight is 478 g/mol. The second-order valence-corrected chi connectivity index (χ2v) is 8.28. The minimum absolute atomic E-state index is 0.0806. The van der Waals surface area contributed by atoms with Crippen LogP contribution in [0.3, 0.4) is 0 Å². The molecule has 5 nitrogen and oxygen atoms in total. The first-order valence-corrected chi connectivity index (χ1v) is 11.2. The van der Waals surface area contributed by atoms with Gasteiger partial charge in [-0.15, -0.1) is 0 Å². The number of aryl methyl sites for hydroxylation is 1. The van der Waals surface area contributed by atoms with Gasteiger partial charge in [-0.25, -0.2) is 0 Å². The van der Waals surface area contributed by atoms with Crippen LogP contribution in [-0.4, -0.2) is 5.91 Å². The molecule has 0 aliphatic heterocycles. The third-order valence-corrected chi connectivity index (χ3v) is 5.79. The number of nitrogens with zero attached hydrogens (tertiary/aromatic N) is 2. The van der Waals surface area contributed by atoms with Crippen LogP contribution in [0.4, 0.5) is 5.69 Å². The van der Waals surface area contributed by atoms with Gasteiger partial charge in [0.15, 0.2) is 0 Å². The monoisotopic (exact) mass is 477 g/mol. The van der Waals surface area contributed by atoms with Crippen molar-refractivity contribution in [3.05, 3.63) is 112 Å². The predicted molar refractivity (Wildman–Crippen MR) is 138 cm³/mol. The van der Waals surface area contributed by atoms with E-state index in [0.29, 0.717) is 27.6 Å². The number of hydrogen-bond donors (Lipinski definition) is 1. The molecule has 0 heterocycles. The SMILES string of the molecule is Cc1ccc(Cl)cc1NC(=O)C(C#N)=Cc1c(OCc2ccccc2C#N)ccc2ccccc12. The van der Waals surface area contributed by atoms with E-state index in [1.807, 2.05) is 55.5 Å². The molecule has 0 spiro atoms. The summed E-state index contributed by atoms with van der Waals surface area (Å²) in [5, 5.41) is 24.2. The Bertz CT molecular complexity index is 1540. The standard InChI is InChI=1S/C29H20ClN3O2/c1-19-10-12-24(30)15-27(19)33-29(34)23(17-32)14-26-25-9-5-4-6-20(25)11-13-28(26)35-18-22-8-3-2-7-21(22)16-31/h2-15H,18H2,1H3,(H,33,34). The van der Waals surface area contributed by atoms with Crippen molar-refractivity contribution in [2.45, 2.75) is 13.5 Å². The molecule has 0 saturated carbocycles. The average Bonchev–Trinajstić information content (AvgIpc) is 2.88. The van der Waals surface area contributed by atoms with E-state index in [1.165, 1.54) is 6.08 Å². The van der Waals surface area contributed by atoms with E-state index in [2.05, 4.69) is 11.4 Å². The Balaban J connectivity index is 1.73. The van der Waals surface area contributed by atoms with Crippen molar-refractivity contribution in [2.75, 3.05) is 5.32 Å². The van der Waals surface area contributed by atoms with Crippen LogP contribution < -0.4 is 10.1 Å². The summed E-state index contributed by atoms with van der Waals surface area (Å²) in [5.41, 5.74) is 3.15. The van der Waals surface area contributed by atoms with Gasteiger partial charge in [-0.2, -0.15) is 10.5 Å². The summed E-state index contributed by atoms with van der Waals surface area (Å²) in [6.45, 7) is 2.01. The van der Waals surface area contributed by atoms with E-state index in [1.54, 1.807) is 36.4 Å². The Morgan fingerprint density at radius 3 is 2.60 bits per heavy atom. The highest BCUT2D eigenvalue weighted by atomic mass is 35.5. The summed E-state index contributed by atoms with van der Waals surface area (Å²) in [6.07, 6.45) is 1.53. The molecule has 0 radical (unpaired) electrons. The second kappa shape index (κ2) is 10.6. The number of benzene rings is 4. The maximum atomic E-state index is 13.0.